The largest absolute Gasteiger partial charge is 0.378 e. The average Bonchev–Trinajstić information content (AvgIpc) is 2.33. The quantitative estimate of drug-likeness (QED) is 0.513. The first-order chi connectivity index (χ1) is 4.38. The van der Waals surface area contributed by atoms with E-state index in [4.69, 9.17) is 4.74 Å². The zero-order valence-corrected chi connectivity index (χ0v) is 5.98. The summed E-state index contributed by atoms with van der Waals surface area (Å²) in [4.78, 5) is 0. The third-order valence-corrected chi connectivity index (χ3v) is 1.82. The number of rotatable bonds is 2. The Morgan fingerprint density at radius 3 is 1.89 bits per heavy atom. The summed E-state index contributed by atoms with van der Waals surface area (Å²) >= 11 is 0. The Balaban J connectivity index is 2.32. The lowest BCUT2D eigenvalue weighted by Crippen LogP contribution is -2.43. The highest BCUT2D eigenvalue weighted by molar-refractivity contribution is 4.84. The molecule has 0 aromatic heterocycles. The number of hydrogen-bond acceptors (Lipinski definition) is 3. The van der Waals surface area contributed by atoms with Crippen LogP contribution in [-0.4, -0.2) is 39.4 Å². The molecule has 0 saturated carbocycles. The normalized spacial score (nSPS) is 35.3. The summed E-state index contributed by atoms with van der Waals surface area (Å²) in [6.07, 6.45) is 0. The van der Waals surface area contributed by atoms with Gasteiger partial charge < -0.3 is 15.4 Å². The van der Waals surface area contributed by atoms with Gasteiger partial charge in [0, 0.05) is 12.1 Å². The van der Waals surface area contributed by atoms with E-state index in [0.29, 0.717) is 12.1 Å². The molecule has 1 fully saturated rings. The zero-order chi connectivity index (χ0) is 6.69. The molecule has 2 N–H and O–H groups in total. The van der Waals surface area contributed by atoms with Crippen LogP contribution < -0.4 is 10.6 Å². The van der Waals surface area contributed by atoms with Crippen LogP contribution >= 0.6 is 0 Å². The van der Waals surface area contributed by atoms with Crippen LogP contribution in [-0.2, 0) is 4.74 Å². The summed E-state index contributed by atoms with van der Waals surface area (Å²) in [6, 6.07) is 0.991. The smallest absolute Gasteiger partial charge is 0.0636 e. The number of ether oxygens (including phenoxy) is 1. The van der Waals surface area contributed by atoms with E-state index in [-0.39, 0.29) is 0 Å². The summed E-state index contributed by atoms with van der Waals surface area (Å²) in [6.45, 7) is 1.67. The second kappa shape index (κ2) is 3.15. The molecule has 2 atom stereocenters. The lowest BCUT2D eigenvalue weighted by atomic mass is 10.2. The Morgan fingerprint density at radius 1 is 1.11 bits per heavy atom. The number of hydrogen-bond donors (Lipinski definition) is 2. The fourth-order valence-corrected chi connectivity index (χ4v) is 1.12. The van der Waals surface area contributed by atoms with Crippen LogP contribution in [0.4, 0.5) is 0 Å². The van der Waals surface area contributed by atoms with Gasteiger partial charge in [0.25, 0.3) is 0 Å². The molecule has 0 aromatic rings. The number of nitrogens with one attached hydrogen (secondary N) is 2. The molecule has 1 aliphatic heterocycles. The molecule has 1 aliphatic rings. The molecule has 1 rings (SSSR count). The highest BCUT2D eigenvalue weighted by atomic mass is 16.5. The van der Waals surface area contributed by atoms with Crippen molar-refractivity contribution in [3.05, 3.63) is 0 Å². The fraction of sp³-hybridized carbons (Fsp3) is 1.00. The zero-order valence-electron chi connectivity index (χ0n) is 5.98. The van der Waals surface area contributed by atoms with Crippen LogP contribution in [0.1, 0.15) is 0 Å². The first-order valence-corrected chi connectivity index (χ1v) is 3.30. The van der Waals surface area contributed by atoms with Crippen molar-refractivity contribution in [1.82, 2.24) is 10.6 Å². The molecular weight excluding hydrogens is 116 g/mol. The molecule has 0 aliphatic carbocycles. The predicted molar refractivity (Wildman–Crippen MR) is 36.5 cm³/mol. The average molecular weight is 130 g/mol. The highest BCUT2D eigenvalue weighted by Crippen LogP contribution is 2.03. The SMILES string of the molecule is CNC1COCC1NC. The van der Waals surface area contributed by atoms with E-state index in [2.05, 4.69) is 10.6 Å². The second-order valence-corrected chi connectivity index (χ2v) is 2.33. The van der Waals surface area contributed by atoms with Gasteiger partial charge in [-0.15, -0.1) is 0 Å². The van der Waals surface area contributed by atoms with Crippen molar-refractivity contribution in [2.75, 3.05) is 27.3 Å². The van der Waals surface area contributed by atoms with Gasteiger partial charge in [-0.2, -0.15) is 0 Å². The third-order valence-electron chi connectivity index (χ3n) is 1.82. The molecule has 3 heteroatoms. The monoisotopic (exact) mass is 130 g/mol. The van der Waals surface area contributed by atoms with Gasteiger partial charge in [-0.3, -0.25) is 0 Å². The molecular formula is C6H14N2O. The van der Waals surface area contributed by atoms with Gasteiger partial charge in [0.1, 0.15) is 0 Å². The van der Waals surface area contributed by atoms with Gasteiger partial charge in [0.05, 0.1) is 13.2 Å². The number of likely N-dealkylation sites (N-methyl/N-ethyl adjacent to an activating group) is 2. The Labute approximate surface area is 55.8 Å². The molecule has 3 nitrogen and oxygen atoms in total. The van der Waals surface area contributed by atoms with Gasteiger partial charge in [-0.05, 0) is 14.1 Å². The summed E-state index contributed by atoms with van der Waals surface area (Å²) in [5.41, 5.74) is 0. The molecule has 54 valence electrons. The van der Waals surface area contributed by atoms with Crippen molar-refractivity contribution < 1.29 is 4.74 Å². The van der Waals surface area contributed by atoms with Gasteiger partial charge >= 0.3 is 0 Å². The molecule has 0 spiro atoms. The van der Waals surface area contributed by atoms with Crippen LogP contribution in [0.25, 0.3) is 0 Å². The van der Waals surface area contributed by atoms with Crippen molar-refractivity contribution in [3.63, 3.8) is 0 Å². The highest BCUT2D eigenvalue weighted by Gasteiger charge is 2.24. The van der Waals surface area contributed by atoms with Crippen LogP contribution in [0.5, 0.6) is 0 Å². The van der Waals surface area contributed by atoms with Crippen molar-refractivity contribution in [2.45, 2.75) is 12.1 Å². The van der Waals surface area contributed by atoms with Crippen LogP contribution in [0.3, 0.4) is 0 Å². The summed E-state index contributed by atoms with van der Waals surface area (Å²) in [5, 5.41) is 6.35. The maximum atomic E-state index is 5.23. The van der Waals surface area contributed by atoms with E-state index in [1.54, 1.807) is 0 Å². The fourth-order valence-electron chi connectivity index (χ4n) is 1.12. The van der Waals surface area contributed by atoms with Crippen molar-refractivity contribution in [3.8, 4) is 0 Å². The molecule has 0 radical (unpaired) electrons. The lowest BCUT2D eigenvalue weighted by molar-refractivity contribution is 0.186. The van der Waals surface area contributed by atoms with Crippen molar-refractivity contribution >= 4 is 0 Å². The standard InChI is InChI=1S/C6H14N2O/c1-7-5-3-9-4-6(5)8-2/h5-8H,3-4H2,1-2H3. The van der Waals surface area contributed by atoms with E-state index < -0.39 is 0 Å². The third kappa shape index (κ3) is 1.41. The van der Waals surface area contributed by atoms with Crippen LogP contribution in [0.15, 0.2) is 0 Å². The topological polar surface area (TPSA) is 33.3 Å². The minimum atomic E-state index is 0.495. The Morgan fingerprint density at radius 2 is 1.56 bits per heavy atom. The molecule has 0 amide bonds. The second-order valence-electron chi connectivity index (χ2n) is 2.33. The van der Waals surface area contributed by atoms with E-state index in [9.17, 15) is 0 Å². The van der Waals surface area contributed by atoms with Gasteiger partial charge in [-0.1, -0.05) is 0 Å². The molecule has 1 heterocycles. The summed E-state index contributed by atoms with van der Waals surface area (Å²) in [5.74, 6) is 0. The predicted octanol–water partition coefficient (Wildman–Crippen LogP) is -0.807. The first kappa shape index (κ1) is 6.99. The molecule has 0 bridgehead atoms. The Bertz CT molecular complexity index is 77.1. The molecule has 1 saturated heterocycles. The van der Waals surface area contributed by atoms with E-state index >= 15 is 0 Å². The Hall–Kier alpha value is -0.120. The van der Waals surface area contributed by atoms with Gasteiger partial charge in [0.2, 0.25) is 0 Å². The van der Waals surface area contributed by atoms with E-state index in [0.717, 1.165) is 13.2 Å². The minimum Gasteiger partial charge on any atom is -0.378 e. The van der Waals surface area contributed by atoms with E-state index in [1.165, 1.54) is 0 Å². The van der Waals surface area contributed by atoms with Crippen LogP contribution in [0.2, 0.25) is 0 Å². The Kier molecular flexibility index (Phi) is 2.45. The molecule has 2 unspecified atom stereocenters. The maximum absolute atomic E-state index is 5.23. The molecule has 9 heavy (non-hydrogen) atoms. The molecule has 0 aromatic carbocycles. The lowest BCUT2D eigenvalue weighted by Gasteiger charge is -2.14. The van der Waals surface area contributed by atoms with Crippen molar-refractivity contribution in [1.29, 1.82) is 0 Å². The summed E-state index contributed by atoms with van der Waals surface area (Å²) < 4.78 is 5.23. The maximum Gasteiger partial charge on any atom is 0.0636 e. The van der Waals surface area contributed by atoms with E-state index in [1.807, 2.05) is 14.1 Å². The first-order valence-electron chi connectivity index (χ1n) is 3.30. The van der Waals surface area contributed by atoms with Crippen molar-refractivity contribution in [2.24, 2.45) is 0 Å². The summed E-state index contributed by atoms with van der Waals surface area (Å²) in [7, 11) is 3.92. The van der Waals surface area contributed by atoms with Gasteiger partial charge in [-0.25, -0.2) is 0 Å². The van der Waals surface area contributed by atoms with Gasteiger partial charge in [0.15, 0.2) is 0 Å². The minimum absolute atomic E-state index is 0.495. The van der Waals surface area contributed by atoms with Crippen LogP contribution in [0, 0.1) is 0 Å².